The molecule has 1 aromatic heterocycles. The molecule has 6 rings (SSSR count). The zero-order valence-electron chi connectivity index (χ0n) is 21.6. The summed E-state index contributed by atoms with van der Waals surface area (Å²) in [5.41, 5.74) is 5.15. The van der Waals surface area contributed by atoms with Crippen LogP contribution in [0.3, 0.4) is 0 Å². The topological polar surface area (TPSA) is 30.9 Å². The van der Waals surface area contributed by atoms with Crippen LogP contribution in [0, 0.1) is 0 Å². The van der Waals surface area contributed by atoms with Crippen molar-refractivity contribution in [1.82, 2.24) is 9.78 Å². The Morgan fingerprint density at radius 1 is 0.757 bits per heavy atom. The normalized spacial score (nSPS) is 15.2. The second-order valence-corrected chi connectivity index (χ2v) is 15.1. The van der Waals surface area contributed by atoms with Gasteiger partial charge in [-0.1, -0.05) is 102 Å². The Kier molecular flexibility index (Phi) is 5.90. The Morgan fingerprint density at radius 3 is 1.89 bits per heavy atom. The SMILES string of the molecule is C[Si](C)(C)OC(c1ccccc1)(c1ccccc1)[C@@H]1Cc2ccccc2-c2nn(-c3ccccc3)c[n+]21. The molecule has 4 nitrogen and oxygen atoms in total. The fourth-order valence-corrected chi connectivity index (χ4v) is 6.97. The highest BCUT2D eigenvalue weighted by atomic mass is 28.4. The van der Waals surface area contributed by atoms with Gasteiger partial charge in [-0.25, -0.2) is 4.57 Å². The summed E-state index contributed by atoms with van der Waals surface area (Å²) in [5.74, 6) is 0.964. The lowest BCUT2D eigenvalue weighted by Crippen LogP contribution is -2.58. The third-order valence-corrected chi connectivity index (χ3v) is 7.98. The van der Waals surface area contributed by atoms with Crippen molar-refractivity contribution < 1.29 is 8.99 Å². The van der Waals surface area contributed by atoms with Crippen LogP contribution in [0.1, 0.15) is 22.7 Å². The summed E-state index contributed by atoms with van der Waals surface area (Å²) < 4.78 is 11.8. The van der Waals surface area contributed by atoms with Crippen LogP contribution >= 0.6 is 0 Å². The number of hydrogen-bond acceptors (Lipinski definition) is 2. The number of para-hydroxylation sites is 1. The molecule has 2 heterocycles. The molecule has 0 aliphatic carbocycles. The predicted molar refractivity (Wildman–Crippen MR) is 150 cm³/mol. The summed E-state index contributed by atoms with van der Waals surface area (Å²) in [6.07, 6.45) is 2.99. The maximum absolute atomic E-state index is 7.40. The van der Waals surface area contributed by atoms with E-state index in [1.165, 1.54) is 22.3 Å². The molecule has 0 unspecified atom stereocenters. The fourth-order valence-electron chi connectivity index (χ4n) is 5.63. The van der Waals surface area contributed by atoms with E-state index in [-0.39, 0.29) is 6.04 Å². The van der Waals surface area contributed by atoms with E-state index >= 15 is 0 Å². The molecule has 0 saturated carbocycles. The lowest BCUT2D eigenvalue weighted by atomic mass is 9.76. The zero-order chi connectivity index (χ0) is 25.5. The average Bonchev–Trinajstić information content (AvgIpc) is 3.38. The average molecular weight is 503 g/mol. The highest BCUT2D eigenvalue weighted by Gasteiger charge is 2.52. The van der Waals surface area contributed by atoms with E-state index in [2.05, 4.69) is 140 Å². The molecule has 4 aromatic carbocycles. The first kappa shape index (κ1) is 23.6. The Bertz CT molecular complexity index is 1470. The van der Waals surface area contributed by atoms with Gasteiger partial charge >= 0.3 is 5.82 Å². The van der Waals surface area contributed by atoms with Gasteiger partial charge in [-0.05, 0) is 54.5 Å². The van der Waals surface area contributed by atoms with Gasteiger partial charge in [0.15, 0.2) is 8.32 Å². The molecule has 1 aliphatic heterocycles. The van der Waals surface area contributed by atoms with Crippen molar-refractivity contribution in [1.29, 1.82) is 0 Å². The smallest absolute Gasteiger partial charge is 0.309 e. The molecule has 37 heavy (non-hydrogen) atoms. The molecule has 0 bridgehead atoms. The number of rotatable bonds is 6. The van der Waals surface area contributed by atoms with E-state index in [1.807, 2.05) is 10.7 Å². The van der Waals surface area contributed by atoms with Crippen LogP contribution in [-0.2, 0) is 16.4 Å². The fraction of sp³-hybridized carbons (Fsp3) is 0.188. The highest BCUT2D eigenvalue weighted by Crippen LogP contribution is 2.47. The van der Waals surface area contributed by atoms with Crippen molar-refractivity contribution in [3.8, 4) is 17.1 Å². The van der Waals surface area contributed by atoms with Gasteiger partial charge in [0.1, 0.15) is 17.3 Å². The van der Waals surface area contributed by atoms with Crippen LogP contribution in [0.2, 0.25) is 19.6 Å². The predicted octanol–water partition coefficient (Wildman–Crippen LogP) is 6.72. The zero-order valence-corrected chi connectivity index (χ0v) is 22.6. The summed E-state index contributed by atoms with van der Waals surface area (Å²) in [7, 11) is -2.05. The Labute approximate surface area is 219 Å². The van der Waals surface area contributed by atoms with Crippen molar-refractivity contribution in [2.75, 3.05) is 0 Å². The van der Waals surface area contributed by atoms with Crippen LogP contribution in [0.15, 0.2) is 122 Å². The van der Waals surface area contributed by atoms with Gasteiger partial charge in [0.05, 0.1) is 10.7 Å². The Balaban J connectivity index is 1.66. The van der Waals surface area contributed by atoms with E-state index < -0.39 is 13.9 Å². The van der Waals surface area contributed by atoms with Gasteiger partial charge in [-0.3, -0.25) is 0 Å². The quantitative estimate of drug-likeness (QED) is 0.191. The van der Waals surface area contributed by atoms with Gasteiger partial charge in [-0.15, -0.1) is 0 Å². The number of fused-ring (bicyclic) bond motifs is 3. The second-order valence-electron chi connectivity index (χ2n) is 10.7. The molecule has 5 aromatic rings. The first-order chi connectivity index (χ1) is 18.0. The van der Waals surface area contributed by atoms with Crippen LogP contribution in [-0.4, -0.2) is 18.1 Å². The number of benzene rings is 4. The third kappa shape index (κ3) is 4.24. The molecule has 1 aliphatic rings. The van der Waals surface area contributed by atoms with Crippen molar-refractivity contribution in [2.45, 2.75) is 37.7 Å². The third-order valence-electron chi connectivity index (χ3n) is 7.05. The van der Waals surface area contributed by atoms with Crippen molar-refractivity contribution >= 4 is 8.32 Å². The minimum absolute atomic E-state index is 0.0358. The summed E-state index contributed by atoms with van der Waals surface area (Å²) in [6.45, 7) is 6.84. The molecule has 1 atom stereocenters. The molecule has 5 heteroatoms. The van der Waals surface area contributed by atoms with Crippen LogP contribution in [0.25, 0.3) is 17.1 Å². The first-order valence-corrected chi connectivity index (χ1v) is 16.3. The first-order valence-electron chi connectivity index (χ1n) is 12.9. The largest absolute Gasteiger partial charge is 0.401 e. The molecular formula is C32H32N3OSi+. The molecular weight excluding hydrogens is 470 g/mol. The van der Waals surface area contributed by atoms with Gasteiger partial charge in [0.25, 0.3) is 0 Å². The van der Waals surface area contributed by atoms with Gasteiger partial charge in [-0.2, -0.15) is 0 Å². The van der Waals surface area contributed by atoms with Gasteiger partial charge in [0, 0.05) is 6.42 Å². The maximum atomic E-state index is 7.40. The summed E-state index contributed by atoms with van der Waals surface area (Å²) in [6, 6.07) is 40.5. The lowest BCUT2D eigenvalue weighted by molar-refractivity contribution is -0.729. The van der Waals surface area contributed by atoms with Gasteiger partial charge < -0.3 is 4.43 Å². The molecule has 0 fully saturated rings. The standard InChI is InChI=1S/C32H32N3OSi/c1-37(2,3)36-32(26-16-7-4-8-17-26,27-18-9-5-10-19-27)30-23-25-15-13-14-22-29(25)31-33-35(24-34(30)31)28-20-11-6-12-21-28/h4-22,24,30H,23H2,1-3H3/q+1/t30-/m0/s1. The monoisotopic (exact) mass is 502 g/mol. The van der Waals surface area contributed by atoms with E-state index in [4.69, 9.17) is 9.52 Å². The van der Waals surface area contributed by atoms with Crippen LogP contribution < -0.4 is 4.57 Å². The van der Waals surface area contributed by atoms with E-state index in [1.54, 1.807) is 0 Å². The lowest BCUT2D eigenvalue weighted by Gasteiger charge is -2.45. The number of aromatic nitrogens is 3. The molecule has 0 N–H and O–H groups in total. The minimum Gasteiger partial charge on any atom is -0.401 e. The molecule has 0 amide bonds. The Morgan fingerprint density at radius 2 is 1.30 bits per heavy atom. The van der Waals surface area contributed by atoms with Crippen molar-refractivity contribution in [2.24, 2.45) is 0 Å². The van der Waals surface area contributed by atoms with Crippen LogP contribution in [0.4, 0.5) is 0 Å². The Hall–Kier alpha value is -3.80. The minimum atomic E-state index is -2.05. The van der Waals surface area contributed by atoms with E-state index in [0.717, 1.165) is 17.9 Å². The summed E-state index contributed by atoms with van der Waals surface area (Å²) in [5, 5.41) is 5.15. The summed E-state index contributed by atoms with van der Waals surface area (Å²) >= 11 is 0. The van der Waals surface area contributed by atoms with E-state index in [9.17, 15) is 0 Å². The maximum Gasteiger partial charge on any atom is 0.309 e. The van der Waals surface area contributed by atoms with E-state index in [0.29, 0.717) is 0 Å². The molecule has 0 spiro atoms. The van der Waals surface area contributed by atoms with Crippen LogP contribution in [0.5, 0.6) is 0 Å². The highest BCUT2D eigenvalue weighted by molar-refractivity contribution is 6.69. The summed E-state index contributed by atoms with van der Waals surface area (Å²) in [4.78, 5) is 0. The molecule has 0 radical (unpaired) electrons. The van der Waals surface area contributed by atoms with Gasteiger partial charge in [0.2, 0.25) is 6.33 Å². The number of nitrogens with zero attached hydrogens (tertiary/aromatic N) is 3. The van der Waals surface area contributed by atoms with Crippen molar-refractivity contribution in [3.05, 3.63) is 138 Å². The van der Waals surface area contributed by atoms with Crippen molar-refractivity contribution in [3.63, 3.8) is 0 Å². The second kappa shape index (κ2) is 9.25. The molecule has 0 saturated heterocycles. The molecule has 184 valence electrons. The number of hydrogen-bond donors (Lipinski definition) is 0.